The Morgan fingerprint density at radius 2 is 1.35 bits per heavy atom. The van der Waals surface area contributed by atoms with Crippen molar-refractivity contribution < 1.29 is 14.7 Å². The summed E-state index contributed by atoms with van der Waals surface area (Å²) in [6.07, 6.45) is 1.03. The minimum atomic E-state index is -1.92. The predicted molar refractivity (Wildman–Crippen MR) is 109 cm³/mol. The van der Waals surface area contributed by atoms with Crippen molar-refractivity contribution in [1.29, 1.82) is 0 Å². The largest absolute Gasteiger partial charge is 0.309 e. The van der Waals surface area contributed by atoms with Crippen LogP contribution >= 0.6 is 27.9 Å². The minimum Gasteiger partial charge on any atom is -0.309 e. The quantitative estimate of drug-likeness (QED) is 0.244. The third-order valence-electron chi connectivity index (χ3n) is 4.63. The zero-order valence-electron chi connectivity index (χ0n) is 13.8. The zero-order valence-corrected chi connectivity index (χ0v) is 17.6. The van der Waals surface area contributed by atoms with Crippen LogP contribution < -0.4 is 0 Å². The molecule has 0 unspecified atom stereocenters. The molecule has 0 amide bonds. The molecule has 1 aromatic heterocycles. The van der Waals surface area contributed by atoms with Crippen molar-refractivity contribution in [2.24, 2.45) is 0 Å². The van der Waals surface area contributed by atoms with Gasteiger partial charge >= 0.3 is 42.6 Å². The number of nitrogens with zero attached hydrogens (tertiary/aromatic N) is 1. The smallest absolute Gasteiger partial charge is 0.0579 e. The Morgan fingerprint density at radius 1 is 0.731 bits per heavy atom. The first kappa shape index (κ1) is 18.2. The average Bonchev–Trinajstić information content (AvgIpc) is 3.17. The summed E-state index contributed by atoms with van der Waals surface area (Å²) >= 11 is -1.92. The molecule has 0 atom stereocenters. The summed E-state index contributed by atoms with van der Waals surface area (Å²) in [4.78, 5) is 0. The van der Waals surface area contributed by atoms with E-state index in [2.05, 4.69) is 83.4 Å². The van der Waals surface area contributed by atoms with Crippen LogP contribution in [0.4, 0.5) is 0 Å². The van der Waals surface area contributed by atoms with Gasteiger partial charge in [0.15, 0.2) is 0 Å². The fraction of sp³-hybridized carbons (Fsp3) is 0.0476. The summed E-state index contributed by atoms with van der Waals surface area (Å²) in [7, 11) is 14.9. The predicted octanol–water partition coefficient (Wildman–Crippen LogP) is 7.27. The molecule has 3 aromatic carbocycles. The number of rotatable bonds is 1. The molecule has 0 radical (unpaired) electrons. The van der Waals surface area contributed by atoms with Gasteiger partial charge in [0, 0.05) is 23.1 Å². The van der Waals surface area contributed by atoms with E-state index in [0.29, 0.717) is 0 Å². The first-order valence-electron chi connectivity index (χ1n) is 8.26. The average molecular weight is 436 g/mol. The molecule has 1 aliphatic carbocycles. The van der Waals surface area contributed by atoms with E-state index in [1.54, 1.807) is 0 Å². The van der Waals surface area contributed by atoms with E-state index in [9.17, 15) is 0 Å². The molecular formula is C21H15Cl3NTi. The number of fused-ring (bicyclic) bond motifs is 5. The SMILES string of the molecule is [Cl][Ti]([Cl])[Cl].c1ccc(-n2c3c(c4ccccc42)Cc2ccccc2-3)cc1. The number of para-hydroxylation sites is 2. The van der Waals surface area contributed by atoms with E-state index in [0.717, 1.165) is 6.42 Å². The Balaban J connectivity index is 0.000000385. The topological polar surface area (TPSA) is 4.93 Å². The monoisotopic (exact) mass is 434 g/mol. The number of aromatic nitrogens is 1. The van der Waals surface area contributed by atoms with Crippen LogP contribution in [-0.2, 0) is 21.1 Å². The van der Waals surface area contributed by atoms with Crippen molar-refractivity contribution in [2.45, 2.75) is 6.42 Å². The number of benzene rings is 3. The second kappa shape index (κ2) is 7.80. The Morgan fingerprint density at radius 3 is 2.12 bits per heavy atom. The van der Waals surface area contributed by atoms with Crippen molar-refractivity contribution in [1.82, 2.24) is 4.57 Å². The van der Waals surface area contributed by atoms with E-state index in [1.807, 2.05) is 0 Å². The van der Waals surface area contributed by atoms with Crippen LogP contribution in [0.2, 0.25) is 0 Å². The van der Waals surface area contributed by atoms with Crippen molar-refractivity contribution in [2.75, 3.05) is 0 Å². The summed E-state index contributed by atoms with van der Waals surface area (Å²) in [5, 5.41) is 1.37. The molecule has 5 rings (SSSR count). The summed E-state index contributed by atoms with van der Waals surface area (Å²) in [6, 6.07) is 28.2. The van der Waals surface area contributed by atoms with Crippen molar-refractivity contribution in [3.8, 4) is 16.9 Å². The van der Waals surface area contributed by atoms with Gasteiger partial charge < -0.3 is 4.57 Å². The molecule has 0 bridgehead atoms. The first-order chi connectivity index (χ1) is 12.7. The fourth-order valence-corrected chi connectivity index (χ4v) is 3.71. The van der Waals surface area contributed by atoms with Crippen LogP contribution in [0.3, 0.4) is 0 Å². The maximum Gasteiger partial charge on any atom is 0.0579 e. The first-order valence-corrected chi connectivity index (χ1v) is 14.7. The molecule has 0 aliphatic heterocycles. The molecule has 4 aromatic rings. The zero-order chi connectivity index (χ0) is 18.1. The van der Waals surface area contributed by atoms with E-state index in [-0.39, 0.29) is 0 Å². The molecule has 5 heteroatoms. The molecule has 1 nitrogen and oxygen atoms in total. The minimum absolute atomic E-state index is 1.03. The van der Waals surface area contributed by atoms with Gasteiger partial charge in [-0.15, -0.1) is 0 Å². The van der Waals surface area contributed by atoms with Crippen molar-refractivity contribution in [3.05, 3.63) is 90.0 Å². The Hall–Kier alpha value is -1.22. The summed E-state index contributed by atoms with van der Waals surface area (Å²) in [5.41, 5.74) is 8.16. The Bertz CT molecular complexity index is 1050. The van der Waals surface area contributed by atoms with Crippen LogP contribution in [0.15, 0.2) is 78.9 Å². The summed E-state index contributed by atoms with van der Waals surface area (Å²) in [5.74, 6) is 0. The molecule has 0 fully saturated rings. The second-order valence-corrected chi connectivity index (χ2v) is 13.8. The molecule has 1 heterocycles. The number of halogens is 3. The van der Waals surface area contributed by atoms with Gasteiger partial charge in [0.25, 0.3) is 0 Å². The molecular weight excluding hydrogens is 420 g/mol. The van der Waals surface area contributed by atoms with Crippen LogP contribution in [0.1, 0.15) is 11.1 Å². The summed E-state index contributed by atoms with van der Waals surface area (Å²) in [6.45, 7) is 0. The molecule has 0 spiro atoms. The fourth-order valence-electron chi connectivity index (χ4n) is 3.71. The summed E-state index contributed by atoms with van der Waals surface area (Å²) < 4.78 is 2.41. The molecule has 129 valence electrons. The Labute approximate surface area is 170 Å². The Kier molecular flexibility index (Phi) is 5.45. The van der Waals surface area contributed by atoms with E-state index in [4.69, 9.17) is 27.9 Å². The van der Waals surface area contributed by atoms with Crippen molar-refractivity contribution in [3.63, 3.8) is 0 Å². The number of hydrogen-bond donors (Lipinski definition) is 0. The standard InChI is InChI=1S/C21H15N.3ClH.Ti/c1-2-9-16(10-3-1)22-20-13-7-6-12-18(20)19-14-15-8-4-5-11-17(15)21(19)22;;;;/h1-13H,14H2;3*1H;/q;;;;+3/p-3. The second-order valence-electron chi connectivity index (χ2n) is 6.06. The van der Waals surface area contributed by atoms with Gasteiger partial charge in [-0.3, -0.25) is 0 Å². The third-order valence-corrected chi connectivity index (χ3v) is 4.63. The van der Waals surface area contributed by atoms with Crippen LogP contribution in [0.5, 0.6) is 0 Å². The van der Waals surface area contributed by atoms with Gasteiger partial charge in [-0.1, -0.05) is 60.7 Å². The van der Waals surface area contributed by atoms with Gasteiger partial charge in [0.2, 0.25) is 0 Å². The molecule has 26 heavy (non-hydrogen) atoms. The van der Waals surface area contributed by atoms with Crippen molar-refractivity contribution >= 4 is 38.8 Å². The molecule has 1 aliphatic rings. The van der Waals surface area contributed by atoms with Crippen LogP contribution in [0.25, 0.3) is 27.8 Å². The number of hydrogen-bond acceptors (Lipinski definition) is 0. The van der Waals surface area contributed by atoms with Gasteiger partial charge in [-0.2, -0.15) is 0 Å². The normalized spacial score (nSPS) is 11.5. The molecule has 0 saturated carbocycles. The van der Waals surface area contributed by atoms with E-state index >= 15 is 0 Å². The maximum absolute atomic E-state index is 4.97. The van der Waals surface area contributed by atoms with Gasteiger partial charge in [-0.05, 0) is 29.3 Å². The maximum atomic E-state index is 4.97. The molecule has 0 N–H and O–H groups in total. The van der Waals surface area contributed by atoms with E-state index < -0.39 is 14.7 Å². The van der Waals surface area contributed by atoms with Crippen LogP contribution in [-0.4, -0.2) is 4.57 Å². The van der Waals surface area contributed by atoms with E-state index in [1.165, 1.54) is 39.0 Å². The molecule has 0 saturated heterocycles. The van der Waals surface area contributed by atoms with Gasteiger partial charge in [-0.25, -0.2) is 0 Å². The van der Waals surface area contributed by atoms with Gasteiger partial charge in [0.05, 0.1) is 11.2 Å². The third kappa shape index (κ3) is 3.35. The van der Waals surface area contributed by atoms with Crippen LogP contribution in [0, 0.1) is 0 Å². The van der Waals surface area contributed by atoms with Gasteiger partial charge in [0.1, 0.15) is 0 Å².